The van der Waals surface area contributed by atoms with Crippen LogP contribution in [-0.2, 0) is 0 Å². The van der Waals surface area contributed by atoms with Gasteiger partial charge in [-0.15, -0.1) is 0 Å². The molecule has 2 aromatic rings. The van der Waals surface area contributed by atoms with Crippen LogP contribution in [0.25, 0.3) is 0 Å². The van der Waals surface area contributed by atoms with E-state index in [-0.39, 0.29) is 0 Å². The van der Waals surface area contributed by atoms with E-state index in [0.29, 0.717) is 38.0 Å². The van der Waals surface area contributed by atoms with Crippen LogP contribution in [0.3, 0.4) is 0 Å². The molecule has 0 N–H and O–H groups in total. The summed E-state index contributed by atoms with van der Waals surface area (Å²) >= 11 is 0.825. The fourth-order valence-corrected chi connectivity index (χ4v) is 7.08. The van der Waals surface area contributed by atoms with Crippen LogP contribution in [0.15, 0.2) is 36.7 Å². The van der Waals surface area contributed by atoms with Crippen LogP contribution >= 0.6 is 0 Å². The molecule has 0 fully saturated rings. The Kier molecular flexibility index (Phi) is 5.02. The molecular formula is C12H12N2O2Se2. The van der Waals surface area contributed by atoms with Crippen LogP contribution in [0.1, 0.15) is 0 Å². The first-order valence-corrected chi connectivity index (χ1v) is 11.2. The minimum absolute atomic E-state index is 0.412. The predicted octanol–water partition coefficient (Wildman–Crippen LogP) is -0.232. The molecule has 0 radical (unpaired) electrons. The molecule has 2 heterocycles. The van der Waals surface area contributed by atoms with Crippen molar-refractivity contribution in [3.8, 4) is 11.8 Å². The van der Waals surface area contributed by atoms with Crippen molar-refractivity contribution in [1.29, 1.82) is 0 Å². The number of hydrogen-bond acceptors (Lipinski definition) is 4. The molecule has 0 aliphatic carbocycles. The molecule has 4 nitrogen and oxygen atoms in total. The number of pyridine rings is 2. The van der Waals surface area contributed by atoms with Crippen molar-refractivity contribution in [2.24, 2.45) is 0 Å². The molecule has 6 heteroatoms. The molecule has 2 aromatic heterocycles. The summed E-state index contributed by atoms with van der Waals surface area (Å²) in [6.07, 6.45) is 3.58. The maximum absolute atomic E-state index is 5.12. The number of hydrogen-bond donors (Lipinski definition) is 0. The van der Waals surface area contributed by atoms with Crippen molar-refractivity contribution in [3.05, 3.63) is 36.7 Å². The van der Waals surface area contributed by atoms with Crippen LogP contribution in [0.4, 0.5) is 0 Å². The molecule has 0 aliphatic heterocycles. The quantitative estimate of drug-likeness (QED) is 0.679. The zero-order chi connectivity index (χ0) is 12.8. The van der Waals surface area contributed by atoms with E-state index in [4.69, 9.17) is 9.47 Å². The Morgan fingerprint density at radius 2 is 1.28 bits per heavy atom. The van der Waals surface area contributed by atoms with Crippen molar-refractivity contribution in [1.82, 2.24) is 9.97 Å². The van der Waals surface area contributed by atoms with Crippen molar-refractivity contribution in [2.45, 2.75) is 0 Å². The SMILES string of the molecule is COc1cc([Se][Se]c2ccnc(OC)c2)ccn1. The molecule has 0 saturated carbocycles. The molecule has 0 spiro atoms. The second kappa shape index (κ2) is 6.76. The third kappa shape index (κ3) is 3.72. The van der Waals surface area contributed by atoms with Gasteiger partial charge in [-0.3, -0.25) is 0 Å². The predicted molar refractivity (Wildman–Crippen MR) is 72.4 cm³/mol. The van der Waals surface area contributed by atoms with Crippen LogP contribution < -0.4 is 18.4 Å². The van der Waals surface area contributed by atoms with E-state index in [2.05, 4.69) is 9.97 Å². The Hall–Kier alpha value is -1.06. The number of nitrogens with zero attached hydrogens (tertiary/aromatic N) is 2. The zero-order valence-corrected chi connectivity index (χ0v) is 13.4. The van der Waals surface area contributed by atoms with E-state index >= 15 is 0 Å². The average Bonchev–Trinajstić information content (AvgIpc) is 2.45. The van der Waals surface area contributed by atoms with Crippen molar-refractivity contribution < 1.29 is 9.47 Å². The van der Waals surface area contributed by atoms with E-state index in [0.717, 1.165) is 0 Å². The maximum atomic E-state index is 5.12. The van der Waals surface area contributed by atoms with Gasteiger partial charge >= 0.3 is 117 Å². The van der Waals surface area contributed by atoms with E-state index in [1.807, 2.05) is 24.3 Å². The van der Waals surface area contributed by atoms with Gasteiger partial charge in [-0.25, -0.2) is 0 Å². The summed E-state index contributed by atoms with van der Waals surface area (Å²) in [4.78, 5) is 8.21. The van der Waals surface area contributed by atoms with Gasteiger partial charge in [0.1, 0.15) is 0 Å². The molecule has 18 heavy (non-hydrogen) atoms. The van der Waals surface area contributed by atoms with Crippen LogP contribution in [0.2, 0.25) is 0 Å². The summed E-state index contributed by atoms with van der Waals surface area (Å²) in [5.74, 6) is 1.36. The third-order valence-electron chi connectivity index (χ3n) is 2.07. The minimum atomic E-state index is 0.412. The molecular weight excluding hydrogens is 362 g/mol. The Labute approximate surface area is 117 Å². The van der Waals surface area contributed by atoms with E-state index in [1.54, 1.807) is 26.6 Å². The first kappa shape index (κ1) is 13.4. The van der Waals surface area contributed by atoms with Gasteiger partial charge in [0, 0.05) is 0 Å². The Balaban J connectivity index is 2.01. The summed E-state index contributed by atoms with van der Waals surface area (Å²) in [5, 5.41) is 0. The Bertz CT molecular complexity index is 475. The number of aromatic nitrogens is 2. The summed E-state index contributed by atoms with van der Waals surface area (Å²) < 4.78 is 12.8. The number of ether oxygens (including phenoxy) is 2. The summed E-state index contributed by atoms with van der Waals surface area (Å²) in [5.41, 5.74) is 0. The third-order valence-corrected chi connectivity index (χ3v) is 9.22. The molecule has 0 saturated heterocycles. The average molecular weight is 374 g/mol. The zero-order valence-electron chi connectivity index (χ0n) is 9.99. The summed E-state index contributed by atoms with van der Waals surface area (Å²) in [6.45, 7) is 0. The molecule has 0 atom stereocenters. The molecule has 2 rings (SSSR count). The second-order valence-corrected chi connectivity index (χ2v) is 9.55. The summed E-state index contributed by atoms with van der Waals surface area (Å²) in [7, 11) is 3.27. The van der Waals surface area contributed by atoms with Crippen LogP contribution in [0, 0.1) is 0 Å². The van der Waals surface area contributed by atoms with Crippen LogP contribution in [-0.4, -0.2) is 50.5 Å². The fourth-order valence-electron chi connectivity index (χ4n) is 1.21. The fraction of sp³-hybridized carbons (Fsp3) is 0.167. The van der Waals surface area contributed by atoms with Gasteiger partial charge in [-0.1, -0.05) is 0 Å². The monoisotopic (exact) mass is 376 g/mol. The van der Waals surface area contributed by atoms with Crippen molar-refractivity contribution in [2.75, 3.05) is 14.2 Å². The second-order valence-electron chi connectivity index (χ2n) is 3.23. The van der Waals surface area contributed by atoms with E-state index < -0.39 is 0 Å². The van der Waals surface area contributed by atoms with Crippen molar-refractivity contribution >= 4 is 35.2 Å². The van der Waals surface area contributed by atoms with Gasteiger partial charge in [0.25, 0.3) is 0 Å². The van der Waals surface area contributed by atoms with Crippen LogP contribution in [0.5, 0.6) is 11.8 Å². The topological polar surface area (TPSA) is 44.2 Å². The molecule has 0 unspecified atom stereocenters. The van der Waals surface area contributed by atoms with E-state index in [1.165, 1.54) is 8.92 Å². The van der Waals surface area contributed by atoms with Crippen molar-refractivity contribution in [3.63, 3.8) is 0 Å². The standard InChI is InChI=1S/C12H12N2O2Se2/c1-15-11-7-9(3-5-13-11)17-18-10-4-6-14-12(8-10)16-2/h3-8H,1-2H3. The van der Waals surface area contributed by atoms with Gasteiger partial charge in [-0.05, 0) is 0 Å². The normalized spacial score (nSPS) is 10.1. The van der Waals surface area contributed by atoms with E-state index in [9.17, 15) is 0 Å². The van der Waals surface area contributed by atoms with Gasteiger partial charge in [0.2, 0.25) is 0 Å². The first-order valence-electron chi connectivity index (χ1n) is 5.16. The number of methoxy groups -OCH3 is 2. The Morgan fingerprint density at radius 3 is 1.67 bits per heavy atom. The van der Waals surface area contributed by atoms with Gasteiger partial charge in [0.05, 0.1) is 0 Å². The molecule has 0 amide bonds. The summed E-state index contributed by atoms with van der Waals surface area (Å²) in [6, 6.07) is 8.09. The molecule has 94 valence electrons. The van der Waals surface area contributed by atoms with Gasteiger partial charge in [-0.2, -0.15) is 0 Å². The first-order chi connectivity index (χ1) is 8.81. The number of rotatable bonds is 5. The van der Waals surface area contributed by atoms with Gasteiger partial charge < -0.3 is 0 Å². The molecule has 0 bridgehead atoms. The Morgan fingerprint density at radius 1 is 0.833 bits per heavy atom. The molecule has 0 aromatic carbocycles. The van der Waals surface area contributed by atoms with Gasteiger partial charge in [0.15, 0.2) is 0 Å². The molecule has 0 aliphatic rings.